The van der Waals surface area contributed by atoms with Crippen molar-refractivity contribution in [1.29, 1.82) is 0 Å². The van der Waals surface area contributed by atoms with E-state index in [-0.39, 0.29) is 24.2 Å². The van der Waals surface area contributed by atoms with Gasteiger partial charge in [0.05, 0.1) is 12.2 Å². The van der Waals surface area contributed by atoms with Crippen LogP contribution in [-0.4, -0.2) is 35.5 Å². The molecule has 2 aliphatic rings. The van der Waals surface area contributed by atoms with Crippen LogP contribution in [0.3, 0.4) is 0 Å². The molecule has 2 atom stereocenters. The van der Waals surface area contributed by atoms with E-state index in [9.17, 15) is 19.6 Å². The predicted molar refractivity (Wildman–Crippen MR) is 172 cm³/mol. The maximum absolute atomic E-state index is 13.5. The third kappa shape index (κ3) is 8.05. The summed E-state index contributed by atoms with van der Waals surface area (Å²) in [7, 11) is 0. The number of nitrogens with one attached hydrogen (secondary N) is 2. The Morgan fingerprint density at radius 1 is 1.05 bits per heavy atom. The molecule has 5 rings (SSSR count). The molecule has 8 heteroatoms. The first-order valence-corrected chi connectivity index (χ1v) is 14.7. The number of benzene rings is 3. The lowest BCUT2D eigenvalue weighted by molar-refractivity contribution is -0.116. The van der Waals surface area contributed by atoms with Gasteiger partial charge in [-0.1, -0.05) is 66.2 Å². The van der Waals surface area contributed by atoms with Crippen LogP contribution < -0.4 is 10.6 Å². The average Bonchev–Trinajstić information content (AvgIpc) is 3.53. The Morgan fingerprint density at radius 3 is 2.57 bits per heavy atom. The lowest BCUT2D eigenvalue weighted by Crippen LogP contribution is -2.19. The van der Waals surface area contributed by atoms with E-state index in [1.54, 1.807) is 60.7 Å². The number of nitrogens with zero attached hydrogens (tertiary/aromatic N) is 1. The maximum atomic E-state index is 13.5. The van der Waals surface area contributed by atoms with Crippen LogP contribution in [0.1, 0.15) is 46.3 Å². The second-order valence-corrected chi connectivity index (χ2v) is 10.9. The molecule has 2 unspecified atom stereocenters. The summed E-state index contributed by atoms with van der Waals surface area (Å²) in [5, 5.41) is 19.9. The Kier molecular flexibility index (Phi) is 9.94. The largest absolute Gasteiger partial charge is 0.486 e. The second-order valence-electron chi connectivity index (χ2n) is 10.9. The molecular weight excluding hydrogens is 554 g/mol. The summed E-state index contributed by atoms with van der Waals surface area (Å²) in [6.45, 7) is 2.07. The first-order valence-electron chi connectivity index (χ1n) is 14.7. The Morgan fingerprint density at radius 2 is 1.84 bits per heavy atom. The SMILES string of the molecule is Cc1ccc(CC(=O)CNc2ccc(NC(O)/C=C/C3=CCC(C4=CC=C(N=O)CC4)O3)cc2C(=O)c2ccccc2)cc1. The number of aryl methyl sites for hydroxylation is 1. The van der Waals surface area contributed by atoms with E-state index in [1.807, 2.05) is 49.4 Å². The van der Waals surface area contributed by atoms with Crippen molar-refractivity contribution in [3.05, 3.63) is 147 Å². The standard InChI is InChI=1S/C36H35N3O5/c1-24-7-9-25(10-8-24)21-30(40)23-37-33-18-15-29(22-32(33)36(42)27-5-3-2-4-6-27)38-35(41)20-17-31-16-19-34(44-31)26-11-13-28(39-43)14-12-26/h2-11,13,15-18,20,22,34-35,37-38,41H,12,14,19,21,23H2,1H3/b20-17+. The van der Waals surface area contributed by atoms with Gasteiger partial charge in [-0.05, 0) is 78.6 Å². The van der Waals surface area contributed by atoms with Crippen molar-refractivity contribution < 1.29 is 19.4 Å². The molecule has 224 valence electrons. The number of rotatable bonds is 13. The highest BCUT2D eigenvalue weighted by Gasteiger charge is 2.23. The van der Waals surface area contributed by atoms with E-state index in [0.29, 0.717) is 53.2 Å². The molecule has 0 spiro atoms. The number of allylic oxidation sites excluding steroid dienone is 4. The minimum absolute atomic E-state index is 0.000589. The van der Waals surface area contributed by atoms with Gasteiger partial charge in [0, 0.05) is 35.3 Å². The van der Waals surface area contributed by atoms with Crippen LogP contribution in [0.2, 0.25) is 0 Å². The first kappa shape index (κ1) is 30.4. The van der Waals surface area contributed by atoms with Crippen LogP contribution in [0, 0.1) is 11.8 Å². The Balaban J connectivity index is 1.23. The number of Topliss-reactive ketones (excluding diaryl/α,β-unsaturated/α-hetero) is 1. The van der Waals surface area contributed by atoms with E-state index in [2.05, 4.69) is 15.8 Å². The number of anilines is 2. The van der Waals surface area contributed by atoms with Gasteiger partial charge >= 0.3 is 0 Å². The normalized spacial score (nSPS) is 16.8. The second kappa shape index (κ2) is 14.4. The molecule has 0 amide bonds. The maximum Gasteiger partial charge on any atom is 0.195 e. The van der Waals surface area contributed by atoms with Crippen LogP contribution in [0.4, 0.5) is 11.4 Å². The number of carbonyl (C=O) groups is 2. The van der Waals surface area contributed by atoms with E-state index < -0.39 is 6.23 Å². The molecule has 1 heterocycles. The topological polar surface area (TPSA) is 117 Å². The van der Waals surface area contributed by atoms with Gasteiger partial charge in [0.15, 0.2) is 11.6 Å². The number of aliphatic hydroxyl groups is 1. The Bertz CT molecular complexity index is 1640. The minimum Gasteiger partial charge on any atom is -0.486 e. The molecule has 0 saturated carbocycles. The molecule has 0 fully saturated rings. The van der Waals surface area contributed by atoms with Gasteiger partial charge < -0.3 is 20.5 Å². The molecular formula is C36H35N3O5. The number of nitroso groups, excluding NO2 is 1. The van der Waals surface area contributed by atoms with Crippen molar-refractivity contribution in [2.75, 3.05) is 17.2 Å². The number of ether oxygens (including phenoxy) is 1. The predicted octanol–water partition coefficient (Wildman–Crippen LogP) is 6.78. The number of ketones is 2. The van der Waals surface area contributed by atoms with Crippen molar-refractivity contribution in [2.24, 2.45) is 5.18 Å². The molecule has 0 bridgehead atoms. The van der Waals surface area contributed by atoms with Crippen molar-refractivity contribution in [3.8, 4) is 0 Å². The fourth-order valence-corrected chi connectivity index (χ4v) is 5.12. The monoisotopic (exact) mass is 589 g/mol. The number of carbonyl (C=O) groups excluding carboxylic acids is 2. The van der Waals surface area contributed by atoms with Gasteiger partial charge in [0.2, 0.25) is 0 Å². The summed E-state index contributed by atoms with van der Waals surface area (Å²) in [5.74, 6) is 0.445. The Labute approximate surface area is 256 Å². The highest BCUT2D eigenvalue weighted by molar-refractivity contribution is 6.13. The zero-order valence-electron chi connectivity index (χ0n) is 24.5. The lowest BCUT2D eigenvalue weighted by atomic mass is 9.97. The van der Waals surface area contributed by atoms with Crippen LogP contribution in [0.25, 0.3) is 0 Å². The smallest absolute Gasteiger partial charge is 0.195 e. The van der Waals surface area contributed by atoms with Crippen molar-refractivity contribution in [3.63, 3.8) is 0 Å². The van der Waals surface area contributed by atoms with Gasteiger partial charge in [0.1, 0.15) is 18.1 Å². The van der Waals surface area contributed by atoms with Crippen LogP contribution in [-0.2, 0) is 16.0 Å². The molecule has 1 aliphatic carbocycles. The Hall–Kier alpha value is -5.08. The third-order valence-corrected chi connectivity index (χ3v) is 7.56. The van der Waals surface area contributed by atoms with Crippen LogP contribution >= 0.6 is 0 Å². The van der Waals surface area contributed by atoms with Crippen molar-refractivity contribution in [2.45, 2.75) is 44.9 Å². The van der Waals surface area contributed by atoms with E-state index in [1.165, 1.54) is 0 Å². The number of hydrogen-bond donors (Lipinski definition) is 3. The molecule has 0 saturated heterocycles. The highest BCUT2D eigenvalue weighted by atomic mass is 16.5. The van der Waals surface area contributed by atoms with E-state index in [0.717, 1.165) is 23.1 Å². The van der Waals surface area contributed by atoms with Gasteiger partial charge in [0.25, 0.3) is 0 Å². The van der Waals surface area contributed by atoms with Crippen molar-refractivity contribution >= 4 is 22.9 Å². The van der Waals surface area contributed by atoms with E-state index >= 15 is 0 Å². The molecule has 3 aromatic rings. The zero-order chi connectivity index (χ0) is 30.9. The summed E-state index contributed by atoms with van der Waals surface area (Å²) < 4.78 is 6.02. The van der Waals surface area contributed by atoms with Gasteiger partial charge in [-0.25, -0.2) is 0 Å². The highest BCUT2D eigenvalue weighted by Crippen LogP contribution is 2.30. The molecule has 3 N–H and O–H groups in total. The average molecular weight is 590 g/mol. The molecule has 3 aromatic carbocycles. The summed E-state index contributed by atoms with van der Waals surface area (Å²) in [6.07, 6.45) is 10.1. The quantitative estimate of drug-likeness (QED) is 0.114. The van der Waals surface area contributed by atoms with Crippen molar-refractivity contribution in [1.82, 2.24) is 0 Å². The molecule has 0 radical (unpaired) electrons. The fourth-order valence-electron chi connectivity index (χ4n) is 5.12. The molecule has 1 aliphatic heterocycles. The summed E-state index contributed by atoms with van der Waals surface area (Å²) in [4.78, 5) is 36.9. The molecule has 8 nitrogen and oxygen atoms in total. The number of aliphatic hydroxyl groups excluding tert-OH is 1. The van der Waals surface area contributed by atoms with E-state index in [4.69, 9.17) is 4.74 Å². The van der Waals surface area contributed by atoms with Gasteiger partial charge in [-0.2, -0.15) is 0 Å². The molecule has 0 aromatic heterocycles. The fraction of sp³-hybridized carbons (Fsp3) is 0.222. The minimum atomic E-state index is -1.05. The summed E-state index contributed by atoms with van der Waals surface area (Å²) in [5.41, 5.74) is 5.69. The summed E-state index contributed by atoms with van der Waals surface area (Å²) >= 11 is 0. The van der Waals surface area contributed by atoms with Gasteiger partial charge in [-0.15, -0.1) is 4.91 Å². The zero-order valence-corrected chi connectivity index (χ0v) is 24.5. The lowest BCUT2D eigenvalue weighted by Gasteiger charge is -2.18. The first-order chi connectivity index (χ1) is 21.4. The molecule has 44 heavy (non-hydrogen) atoms. The third-order valence-electron chi connectivity index (χ3n) is 7.56. The van der Waals surface area contributed by atoms with Gasteiger partial charge in [-0.3, -0.25) is 9.59 Å². The summed E-state index contributed by atoms with van der Waals surface area (Å²) in [6, 6.07) is 21.9. The van der Waals surface area contributed by atoms with Crippen LogP contribution in [0.5, 0.6) is 0 Å². The number of hydrogen-bond acceptors (Lipinski definition) is 8. The van der Waals surface area contributed by atoms with Crippen LogP contribution in [0.15, 0.2) is 125 Å².